The van der Waals surface area contributed by atoms with Gasteiger partial charge in [-0.05, 0) is 67.9 Å². The number of nitrogens with zero attached hydrogens (tertiary/aromatic N) is 3. The minimum Gasteiger partial charge on any atom is -0.372 e. The van der Waals surface area contributed by atoms with E-state index in [0.717, 1.165) is 24.3 Å². The van der Waals surface area contributed by atoms with Crippen LogP contribution in [-0.4, -0.2) is 29.2 Å². The van der Waals surface area contributed by atoms with Gasteiger partial charge in [-0.25, -0.2) is 4.39 Å². The zero-order valence-electron chi connectivity index (χ0n) is 16.5. The Labute approximate surface area is 169 Å². The molecule has 0 aliphatic rings. The molecule has 0 fully saturated rings. The zero-order valence-corrected chi connectivity index (χ0v) is 16.5. The van der Waals surface area contributed by atoms with Crippen molar-refractivity contribution >= 4 is 28.9 Å². The lowest BCUT2D eigenvalue weighted by molar-refractivity contribution is -0.115. The average Bonchev–Trinajstić information content (AvgIpc) is 2.73. The first-order valence-electron chi connectivity index (χ1n) is 9.57. The van der Waals surface area contributed by atoms with Crippen LogP contribution in [0.4, 0.5) is 27.4 Å². The molecule has 0 saturated carbocycles. The molecule has 0 bridgehead atoms. The number of hydrogen-bond acceptors (Lipinski definition) is 5. The van der Waals surface area contributed by atoms with Gasteiger partial charge in [-0.2, -0.15) is 0 Å². The molecule has 2 aromatic carbocycles. The molecule has 150 valence electrons. The number of hydrogen-bond donors (Lipinski definition) is 2. The molecule has 0 saturated heterocycles. The molecule has 0 unspecified atom stereocenters. The monoisotopic (exact) mass is 393 g/mol. The number of benzene rings is 2. The lowest BCUT2D eigenvalue weighted by Crippen LogP contribution is -2.21. The molecule has 3 rings (SSSR count). The van der Waals surface area contributed by atoms with E-state index >= 15 is 0 Å². The fourth-order valence-electron chi connectivity index (χ4n) is 2.93. The number of amides is 1. The molecule has 1 aromatic heterocycles. The van der Waals surface area contributed by atoms with Crippen LogP contribution in [0.2, 0.25) is 0 Å². The van der Waals surface area contributed by atoms with Gasteiger partial charge in [0.25, 0.3) is 0 Å². The highest BCUT2D eigenvalue weighted by Crippen LogP contribution is 2.20. The normalized spacial score (nSPS) is 10.4. The van der Waals surface area contributed by atoms with Crippen LogP contribution >= 0.6 is 0 Å². The van der Waals surface area contributed by atoms with E-state index in [1.807, 2.05) is 12.1 Å². The maximum absolute atomic E-state index is 12.9. The van der Waals surface area contributed by atoms with Crippen molar-refractivity contribution in [3.63, 3.8) is 0 Å². The lowest BCUT2D eigenvalue weighted by Gasteiger charge is -2.21. The first-order valence-corrected chi connectivity index (χ1v) is 9.57. The third-order valence-corrected chi connectivity index (χ3v) is 4.48. The van der Waals surface area contributed by atoms with Gasteiger partial charge < -0.3 is 15.5 Å². The van der Waals surface area contributed by atoms with Crippen LogP contribution in [0.25, 0.3) is 0 Å². The van der Waals surface area contributed by atoms with Gasteiger partial charge in [-0.1, -0.05) is 12.1 Å². The summed E-state index contributed by atoms with van der Waals surface area (Å²) in [5, 5.41) is 14.0. The number of carbonyl (C=O) groups is 1. The highest BCUT2D eigenvalue weighted by Gasteiger charge is 2.07. The largest absolute Gasteiger partial charge is 0.372 e. The Bertz CT molecular complexity index is 923. The van der Waals surface area contributed by atoms with Gasteiger partial charge in [0.2, 0.25) is 5.91 Å². The Morgan fingerprint density at radius 3 is 2.10 bits per heavy atom. The van der Waals surface area contributed by atoms with Gasteiger partial charge >= 0.3 is 0 Å². The van der Waals surface area contributed by atoms with E-state index in [0.29, 0.717) is 11.6 Å². The smallest absolute Gasteiger partial charge is 0.229 e. The van der Waals surface area contributed by atoms with Gasteiger partial charge in [0.1, 0.15) is 5.82 Å². The summed E-state index contributed by atoms with van der Waals surface area (Å²) in [7, 11) is 0. The number of anilines is 4. The molecular formula is C22H24FN5O. The molecule has 0 aliphatic carbocycles. The first kappa shape index (κ1) is 20.3. The Kier molecular flexibility index (Phi) is 6.73. The van der Waals surface area contributed by atoms with Gasteiger partial charge in [0.05, 0.1) is 6.42 Å². The number of carbonyl (C=O) groups excluding carboxylic acids is 1. The molecule has 1 amide bonds. The van der Waals surface area contributed by atoms with Crippen molar-refractivity contribution in [3.8, 4) is 0 Å². The zero-order chi connectivity index (χ0) is 20.6. The van der Waals surface area contributed by atoms with Crippen LogP contribution < -0.4 is 15.5 Å². The van der Waals surface area contributed by atoms with Crippen molar-refractivity contribution in [3.05, 3.63) is 72.0 Å². The topological polar surface area (TPSA) is 70.2 Å². The lowest BCUT2D eigenvalue weighted by atomic mass is 10.1. The van der Waals surface area contributed by atoms with Crippen LogP contribution in [0, 0.1) is 5.82 Å². The SMILES string of the molecule is CCN(CC)c1ccc(Nc2ccc(NC(=O)Cc3ccc(F)cc3)nn2)cc1. The number of aromatic nitrogens is 2. The van der Waals surface area contributed by atoms with Crippen LogP contribution in [-0.2, 0) is 11.2 Å². The Morgan fingerprint density at radius 2 is 1.52 bits per heavy atom. The summed E-state index contributed by atoms with van der Waals surface area (Å²) >= 11 is 0. The minimum absolute atomic E-state index is 0.140. The molecular weight excluding hydrogens is 369 g/mol. The third kappa shape index (κ3) is 5.75. The van der Waals surface area contributed by atoms with E-state index in [4.69, 9.17) is 0 Å². The van der Waals surface area contributed by atoms with Crippen molar-refractivity contribution < 1.29 is 9.18 Å². The maximum Gasteiger partial charge on any atom is 0.229 e. The molecule has 0 atom stereocenters. The van der Waals surface area contributed by atoms with Gasteiger partial charge in [-0.15, -0.1) is 10.2 Å². The molecule has 29 heavy (non-hydrogen) atoms. The number of nitrogens with one attached hydrogen (secondary N) is 2. The standard InChI is InChI=1S/C22H24FN5O/c1-3-28(4-2)19-11-9-18(10-12-19)24-20-13-14-21(27-26-20)25-22(29)15-16-5-7-17(23)8-6-16/h5-14H,3-4,15H2,1-2H3,(H,24,26)(H,25,27,29). The second kappa shape index (κ2) is 9.64. The van der Waals surface area contributed by atoms with Gasteiger partial charge in [0.15, 0.2) is 11.6 Å². The molecule has 2 N–H and O–H groups in total. The van der Waals surface area contributed by atoms with E-state index in [1.165, 1.54) is 17.8 Å². The Balaban J connectivity index is 1.55. The molecule has 6 nitrogen and oxygen atoms in total. The fraction of sp³-hybridized carbons (Fsp3) is 0.227. The van der Waals surface area contributed by atoms with E-state index in [2.05, 4.69) is 51.7 Å². The second-order valence-corrected chi connectivity index (χ2v) is 6.50. The number of halogens is 1. The minimum atomic E-state index is -0.328. The summed E-state index contributed by atoms with van der Waals surface area (Å²) in [6.07, 6.45) is 0.140. The van der Waals surface area contributed by atoms with Crippen molar-refractivity contribution in [1.29, 1.82) is 0 Å². The summed E-state index contributed by atoms with van der Waals surface area (Å²) in [6, 6.07) is 17.4. The average molecular weight is 393 g/mol. The molecule has 0 aliphatic heterocycles. The van der Waals surface area contributed by atoms with E-state index in [9.17, 15) is 9.18 Å². The molecule has 3 aromatic rings. The summed E-state index contributed by atoms with van der Waals surface area (Å²) < 4.78 is 12.9. The van der Waals surface area contributed by atoms with Crippen molar-refractivity contribution in [2.45, 2.75) is 20.3 Å². The highest BCUT2D eigenvalue weighted by atomic mass is 19.1. The van der Waals surface area contributed by atoms with Crippen LogP contribution in [0.1, 0.15) is 19.4 Å². The predicted molar refractivity (Wildman–Crippen MR) is 114 cm³/mol. The summed E-state index contributed by atoms with van der Waals surface area (Å²) in [5.74, 6) is 0.376. The first-order chi connectivity index (χ1) is 14.1. The van der Waals surface area contributed by atoms with Gasteiger partial charge in [-0.3, -0.25) is 4.79 Å². The molecule has 0 spiro atoms. The Hall–Kier alpha value is -3.48. The third-order valence-electron chi connectivity index (χ3n) is 4.48. The quantitative estimate of drug-likeness (QED) is 0.594. The van der Waals surface area contributed by atoms with Crippen LogP contribution in [0.3, 0.4) is 0 Å². The number of rotatable bonds is 8. The Morgan fingerprint density at radius 1 is 0.897 bits per heavy atom. The van der Waals surface area contributed by atoms with E-state index in [-0.39, 0.29) is 18.1 Å². The highest BCUT2D eigenvalue weighted by molar-refractivity contribution is 5.91. The second-order valence-electron chi connectivity index (χ2n) is 6.50. The van der Waals surface area contributed by atoms with Crippen molar-refractivity contribution in [2.24, 2.45) is 0 Å². The predicted octanol–water partition coefficient (Wildman–Crippen LogP) is 4.39. The van der Waals surface area contributed by atoms with Gasteiger partial charge in [0, 0.05) is 24.5 Å². The summed E-state index contributed by atoms with van der Waals surface area (Å²) in [4.78, 5) is 14.4. The molecule has 1 heterocycles. The molecule has 0 radical (unpaired) electrons. The van der Waals surface area contributed by atoms with Crippen molar-refractivity contribution in [2.75, 3.05) is 28.6 Å². The maximum atomic E-state index is 12.9. The van der Waals surface area contributed by atoms with Crippen LogP contribution in [0.5, 0.6) is 0 Å². The van der Waals surface area contributed by atoms with E-state index in [1.54, 1.807) is 24.3 Å². The van der Waals surface area contributed by atoms with E-state index < -0.39 is 0 Å². The fourth-order valence-corrected chi connectivity index (χ4v) is 2.93. The van der Waals surface area contributed by atoms with Crippen LogP contribution in [0.15, 0.2) is 60.7 Å². The molecule has 7 heteroatoms. The van der Waals surface area contributed by atoms with Crippen molar-refractivity contribution in [1.82, 2.24) is 10.2 Å². The summed E-state index contributed by atoms with van der Waals surface area (Å²) in [5.41, 5.74) is 2.80. The summed E-state index contributed by atoms with van der Waals surface area (Å²) in [6.45, 7) is 6.18.